The van der Waals surface area contributed by atoms with Crippen molar-refractivity contribution in [2.75, 3.05) is 13.2 Å². The summed E-state index contributed by atoms with van der Waals surface area (Å²) in [4.78, 5) is 4.56. The van der Waals surface area contributed by atoms with Crippen LogP contribution in [0.5, 0.6) is 5.75 Å². The van der Waals surface area contributed by atoms with Crippen LogP contribution in [-0.2, 0) is 9.47 Å². The second-order valence-corrected chi connectivity index (χ2v) is 10.6. The molecule has 4 nitrogen and oxygen atoms in total. The van der Waals surface area contributed by atoms with Crippen molar-refractivity contribution < 1.29 is 18.6 Å². The van der Waals surface area contributed by atoms with E-state index in [2.05, 4.69) is 25.8 Å². The Morgan fingerprint density at radius 1 is 0.892 bits per heavy atom. The average molecular weight is 514 g/mol. The van der Waals surface area contributed by atoms with Gasteiger partial charge in [-0.3, -0.25) is 4.98 Å². The van der Waals surface area contributed by atoms with Crippen LogP contribution in [-0.4, -0.2) is 24.3 Å². The van der Waals surface area contributed by atoms with Crippen molar-refractivity contribution in [3.8, 4) is 17.0 Å². The van der Waals surface area contributed by atoms with Gasteiger partial charge in [-0.1, -0.05) is 90.5 Å². The first kappa shape index (κ1) is 29.6. The SMILES string of the molecule is CCCCCCCCCC[C@H]1CO[C@H](c2ccc(-c3ccc(OCCCCCC)c(F)c3)nc2)O[C@@H]1C. The molecule has 1 aliphatic heterocycles. The maximum Gasteiger partial charge on any atom is 0.185 e. The molecule has 2 heterocycles. The second-order valence-electron chi connectivity index (χ2n) is 10.6. The Morgan fingerprint density at radius 2 is 1.59 bits per heavy atom. The Balaban J connectivity index is 1.42. The van der Waals surface area contributed by atoms with E-state index < -0.39 is 6.29 Å². The van der Waals surface area contributed by atoms with Crippen LogP contribution in [0.15, 0.2) is 36.5 Å². The monoisotopic (exact) mass is 513 g/mol. The molecular weight excluding hydrogens is 465 g/mol. The summed E-state index contributed by atoms with van der Waals surface area (Å²) < 4.78 is 32.5. The van der Waals surface area contributed by atoms with Crippen LogP contribution in [0, 0.1) is 11.7 Å². The number of hydrogen-bond acceptors (Lipinski definition) is 4. The van der Waals surface area contributed by atoms with Crippen LogP contribution in [0.2, 0.25) is 0 Å². The lowest BCUT2D eigenvalue weighted by Gasteiger charge is -2.35. The van der Waals surface area contributed by atoms with E-state index in [-0.39, 0.29) is 11.9 Å². The molecule has 5 heteroatoms. The number of rotatable bonds is 17. The van der Waals surface area contributed by atoms with Crippen molar-refractivity contribution in [3.05, 3.63) is 47.9 Å². The molecular formula is C32H48FNO3. The Kier molecular flexibility index (Phi) is 13.4. The maximum atomic E-state index is 14.6. The summed E-state index contributed by atoms with van der Waals surface area (Å²) in [6.07, 6.45) is 17.8. The smallest absolute Gasteiger partial charge is 0.185 e. The number of halogens is 1. The van der Waals surface area contributed by atoms with Gasteiger partial charge >= 0.3 is 0 Å². The van der Waals surface area contributed by atoms with E-state index in [9.17, 15) is 4.39 Å². The van der Waals surface area contributed by atoms with Crippen molar-refractivity contribution in [1.29, 1.82) is 0 Å². The van der Waals surface area contributed by atoms with Gasteiger partial charge < -0.3 is 14.2 Å². The largest absolute Gasteiger partial charge is 0.491 e. The van der Waals surface area contributed by atoms with Gasteiger partial charge in [0.25, 0.3) is 0 Å². The Hall–Kier alpha value is -1.98. The van der Waals surface area contributed by atoms with E-state index in [1.54, 1.807) is 12.3 Å². The highest BCUT2D eigenvalue weighted by Gasteiger charge is 2.29. The summed E-state index contributed by atoms with van der Waals surface area (Å²) in [5.41, 5.74) is 2.34. The normalized spacial score (nSPS) is 19.7. The van der Waals surface area contributed by atoms with Gasteiger partial charge in [-0.15, -0.1) is 0 Å². The molecule has 0 aliphatic carbocycles. The summed E-state index contributed by atoms with van der Waals surface area (Å²) in [6, 6.07) is 8.92. The fourth-order valence-corrected chi connectivity index (χ4v) is 4.93. The van der Waals surface area contributed by atoms with Crippen molar-refractivity contribution >= 4 is 0 Å². The lowest BCUT2D eigenvalue weighted by atomic mass is 9.95. The second kappa shape index (κ2) is 16.8. The molecule has 1 fully saturated rings. The van der Waals surface area contributed by atoms with Crippen LogP contribution < -0.4 is 4.74 Å². The third kappa shape index (κ3) is 10.0. The molecule has 0 saturated carbocycles. The molecule has 206 valence electrons. The number of pyridine rings is 1. The van der Waals surface area contributed by atoms with Crippen molar-refractivity contribution in [1.82, 2.24) is 4.98 Å². The number of unbranched alkanes of at least 4 members (excludes halogenated alkanes) is 10. The highest BCUT2D eigenvalue weighted by molar-refractivity contribution is 5.60. The van der Waals surface area contributed by atoms with Crippen LogP contribution in [0.25, 0.3) is 11.3 Å². The van der Waals surface area contributed by atoms with Crippen LogP contribution in [0.4, 0.5) is 4.39 Å². The Morgan fingerprint density at radius 3 is 2.24 bits per heavy atom. The molecule has 3 atom stereocenters. The summed E-state index contributed by atoms with van der Waals surface area (Å²) in [7, 11) is 0. The molecule has 0 unspecified atom stereocenters. The molecule has 2 aromatic rings. The number of ether oxygens (including phenoxy) is 3. The molecule has 0 bridgehead atoms. The molecule has 1 saturated heterocycles. The van der Waals surface area contributed by atoms with Gasteiger partial charge in [0.05, 0.1) is 25.0 Å². The van der Waals surface area contributed by atoms with E-state index in [0.29, 0.717) is 24.0 Å². The first-order valence-electron chi connectivity index (χ1n) is 14.8. The molecule has 0 spiro atoms. The Labute approximate surface area is 224 Å². The van der Waals surface area contributed by atoms with Crippen molar-refractivity contribution in [2.24, 2.45) is 5.92 Å². The van der Waals surface area contributed by atoms with E-state index in [4.69, 9.17) is 14.2 Å². The quantitative estimate of drug-likeness (QED) is 0.198. The van der Waals surface area contributed by atoms with Gasteiger partial charge in [-0.05, 0) is 44.0 Å². The summed E-state index contributed by atoms with van der Waals surface area (Å²) in [5.74, 6) is 0.393. The highest BCUT2D eigenvalue weighted by Crippen LogP contribution is 2.32. The van der Waals surface area contributed by atoms with E-state index in [0.717, 1.165) is 37.0 Å². The first-order valence-corrected chi connectivity index (χ1v) is 14.8. The highest BCUT2D eigenvalue weighted by atomic mass is 19.1. The zero-order valence-electron chi connectivity index (χ0n) is 23.4. The topological polar surface area (TPSA) is 40.6 Å². The summed E-state index contributed by atoms with van der Waals surface area (Å²) in [5, 5.41) is 0. The lowest BCUT2D eigenvalue weighted by molar-refractivity contribution is -0.237. The molecule has 1 aromatic carbocycles. The maximum absolute atomic E-state index is 14.6. The van der Waals surface area contributed by atoms with Crippen molar-refractivity contribution in [3.63, 3.8) is 0 Å². The average Bonchev–Trinajstić information content (AvgIpc) is 2.91. The van der Waals surface area contributed by atoms with Gasteiger partial charge in [-0.2, -0.15) is 0 Å². The zero-order chi connectivity index (χ0) is 26.3. The number of nitrogens with zero attached hydrogens (tertiary/aromatic N) is 1. The molecule has 0 radical (unpaired) electrons. The minimum absolute atomic E-state index is 0.159. The lowest BCUT2D eigenvalue weighted by Crippen LogP contribution is -2.34. The predicted octanol–water partition coefficient (Wildman–Crippen LogP) is 9.43. The van der Waals surface area contributed by atoms with E-state index >= 15 is 0 Å². The minimum Gasteiger partial charge on any atom is -0.491 e. The van der Waals surface area contributed by atoms with E-state index in [1.807, 2.05) is 18.2 Å². The fourth-order valence-electron chi connectivity index (χ4n) is 4.93. The number of aromatic nitrogens is 1. The van der Waals surface area contributed by atoms with Gasteiger partial charge in [0.15, 0.2) is 17.9 Å². The molecule has 37 heavy (non-hydrogen) atoms. The number of hydrogen-bond donors (Lipinski definition) is 0. The standard InChI is InChI=1S/C32H48FNO3/c1-4-6-8-10-11-12-13-14-16-28-24-36-32(37-25(28)3)27-17-19-30(34-23-27)26-18-20-31(29(33)22-26)35-21-15-9-7-5-2/h17-20,22-23,25,28,32H,4-16,21,24H2,1-3H3/t25-,28+,32+/m1/s1. The predicted molar refractivity (Wildman–Crippen MR) is 149 cm³/mol. The minimum atomic E-state index is -0.397. The molecule has 0 amide bonds. The third-order valence-electron chi connectivity index (χ3n) is 7.43. The molecule has 0 N–H and O–H groups in total. The molecule has 3 rings (SSSR count). The van der Waals surface area contributed by atoms with Gasteiger partial charge in [0, 0.05) is 23.2 Å². The van der Waals surface area contributed by atoms with Gasteiger partial charge in [-0.25, -0.2) is 4.39 Å². The fraction of sp³-hybridized carbons (Fsp3) is 0.656. The molecule has 1 aromatic heterocycles. The van der Waals surface area contributed by atoms with Gasteiger partial charge in [0.1, 0.15) is 0 Å². The van der Waals surface area contributed by atoms with Crippen molar-refractivity contribution in [2.45, 2.75) is 117 Å². The van der Waals surface area contributed by atoms with Crippen LogP contribution >= 0.6 is 0 Å². The van der Waals surface area contributed by atoms with E-state index in [1.165, 1.54) is 70.3 Å². The third-order valence-corrected chi connectivity index (χ3v) is 7.43. The molecule has 1 aliphatic rings. The van der Waals surface area contributed by atoms with Gasteiger partial charge in [0.2, 0.25) is 0 Å². The summed E-state index contributed by atoms with van der Waals surface area (Å²) >= 11 is 0. The van der Waals surface area contributed by atoms with Crippen LogP contribution in [0.3, 0.4) is 0 Å². The first-order chi connectivity index (χ1) is 18.1. The summed E-state index contributed by atoms with van der Waals surface area (Å²) in [6.45, 7) is 7.85. The number of benzene rings is 1. The zero-order valence-corrected chi connectivity index (χ0v) is 23.4. The Bertz CT molecular complexity index is 888. The van der Waals surface area contributed by atoms with Crippen LogP contribution in [0.1, 0.15) is 116 Å².